The highest BCUT2D eigenvalue weighted by molar-refractivity contribution is 6.00. The van der Waals surface area contributed by atoms with Gasteiger partial charge in [-0.1, -0.05) is 0 Å². The number of pyridine rings is 1. The van der Waals surface area contributed by atoms with Crippen molar-refractivity contribution in [2.45, 2.75) is 13.3 Å². The predicted molar refractivity (Wildman–Crippen MR) is 64.8 cm³/mol. The summed E-state index contributed by atoms with van der Waals surface area (Å²) in [6.07, 6.45) is 4.03. The Morgan fingerprint density at radius 1 is 1.62 bits per heavy atom. The van der Waals surface area contributed by atoms with E-state index in [-0.39, 0.29) is 12.4 Å². The maximum Gasteiger partial charge on any atom is 0.125 e. The molecule has 1 aromatic rings. The fourth-order valence-corrected chi connectivity index (χ4v) is 1.58. The van der Waals surface area contributed by atoms with Crippen molar-refractivity contribution in [3.8, 4) is 0 Å². The first-order valence-electron chi connectivity index (χ1n) is 5.35. The first-order valence-corrected chi connectivity index (χ1v) is 5.35. The molecule has 5 heteroatoms. The molecule has 0 aliphatic carbocycles. The Balaban J connectivity index is 2.94. The quantitative estimate of drug-likeness (QED) is 0.485. The number of rotatable bonds is 6. The van der Waals surface area contributed by atoms with Crippen LogP contribution in [0.2, 0.25) is 0 Å². The zero-order valence-corrected chi connectivity index (χ0v) is 9.48. The normalized spacial score (nSPS) is 10.1. The van der Waals surface area contributed by atoms with E-state index in [1.807, 2.05) is 6.92 Å². The van der Waals surface area contributed by atoms with Gasteiger partial charge in [0, 0.05) is 31.5 Å². The number of nitrogens with zero attached hydrogens (tertiary/aromatic N) is 2. The molecule has 0 bridgehead atoms. The van der Waals surface area contributed by atoms with E-state index in [0.717, 1.165) is 18.8 Å². The third-order valence-electron chi connectivity index (χ3n) is 2.40. The predicted octanol–water partition coefficient (Wildman–Crippen LogP) is 0.574. The molecule has 4 N–H and O–H groups in total. The van der Waals surface area contributed by atoms with Crippen molar-refractivity contribution >= 4 is 11.5 Å². The van der Waals surface area contributed by atoms with Crippen LogP contribution in [-0.4, -0.2) is 35.6 Å². The maximum atomic E-state index is 8.83. The lowest BCUT2D eigenvalue weighted by molar-refractivity contribution is 0.289. The van der Waals surface area contributed by atoms with Crippen LogP contribution in [0.4, 0.5) is 5.69 Å². The van der Waals surface area contributed by atoms with Crippen molar-refractivity contribution < 1.29 is 5.11 Å². The van der Waals surface area contributed by atoms with E-state index in [0.29, 0.717) is 12.0 Å². The average molecular weight is 222 g/mol. The van der Waals surface area contributed by atoms with Crippen molar-refractivity contribution in [2.75, 3.05) is 24.6 Å². The third kappa shape index (κ3) is 2.93. The van der Waals surface area contributed by atoms with Crippen LogP contribution in [0.1, 0.15) is 18.9 Å². The number of hydrogen-bond acceptors (Lipinski definition) is 4. The lowest BCUT2D eigenvalue weighted by Gasteiger charge is -2.24. The summed E-state index contributed by atoms with van der Waals surface area (Å²) in [5.74, 6) is 0.0415. The van der Waals surface area contributed by atoms with E-state index in [9.17, 15) is 0 Å². The number of anilines is 1. The van der Waals surface area contributed by atoms with Gasteiger partial charge in [0.2, 0.25) is 0 Å². The van der Waals surface area contributed by atoms with E-state index in [2.05, 4.69) is 9.88 Å². The lowest BCUT2D eigenvalue weighted by atomic mass is 10.2. The van der Waals surface area contributed by atoms with Crippen LogP contribution in [0.5, 0.6) is 0 Å². The van der Waals surface area contributed by atoms with Gasteiger partial charge in [0.25, 0.3) is 0 Å². The Kier molecular flexibility index (Phi) is 4.72. The summed E-state index contributed by atoms with van der Waals surface area (Å²) in [5, 5.41) is 16.3. The van der Waals surface area contributed by atoms with Gasteiger partial charge in [-0.2, -0.15) is 0 Å². The molecular weight excluding hydrogens is 204 g/mol. The molecule has 16 heavy (non-hydrogen) atoms. The highest BCUT2D eigenvalue weighted by Crippen LogP contribution is 2.18. The fourth-order valence-electron chi connectivity index (χ4n) is 1.58. The second-order valence-electron chi connectivity index (χ2n) is 3.46. The van der Waals surface area contributed by atoms with Gasteiger partial charge in [-0.25, -0.2) is 0 Å². The number of aromatic nitrogens is 1. The van der Waals surface area contributed by atoms with E-state index < -0.39 is 0 Å². The standard InChI is InChI=1S/C11H18N4O/c1-2-15(6-3-7-16)10-8-14-5-4-9(10)11(12)13/h4-5,8,16H,2-3,6-7H2,1H3,(H3,12,13). The van der Waals surface area contributed by atoms with Crippen LogP contribution in [0.3, 0.4) is 0 Å². The summed E-state index contributed by atoms with van der Waals surface area (Å²) in [5.41, 5.74) is 7.06. The van der Waals surface area contributed by atoms with Gasteiger partial charge in [-0.3, -0.25) is 10.4 Å². The summed E-state index contributed by atoms with van der Waals surface area (Å²) in [6, 6.07) is 1.74. The number of amidine groups is 1. The molecule has 1 aromatic heterocycles. The minimum Gasteiger partial charge on any atom is -0.396 e. The van der Waals surface area contributed by atoms with E-state index in [1.165, 1.54) is 0 Å². The van der Waals surface area contributed by atoms with Gasteiger partial charge in [0.1, 0.15) is 5.84 Å². The SMILES string of the molecule is CCN(CCCO)c1cnccc1C(=N)N. The molecule has 1 heterocycles. The smallest absolute Gasteiger partial charge is 0.125 e. The first-order chi connectivity index (χ1) is 7.70. The maximum absolute atomic E-state index is 8.83. The number of aliphatic hydroxyl groups is 1. The number of nitrogens with two attached hydrogens (primary N) is 1. The van der Waals surface area contributed by atoms with Gasteiger partial charge >= 0.3 is 0 Å². The van der Waals surface area contributed by atoms with E-state index in [4.69, 9.17) is 16.2 Å². The molecule has 0 amide bonds. The summed E-state index contributed by atoms with van der Waals surface area (Å²) < 4.78 is 0. The number of nitrogen functional groups attached to an aromatic ring is 1. The van der Waals surface area contributed by atoms with Crippen LogP contribution in [-0.2, 0) is 0 Å². The zero-order chi connectivity index (χ0) is 12.0. The highest BCUT2D eigenvalue weighted by Gasteiger charge is 2.11. The minimum absolute atomic E-state index is 0.0415. The Labute approximate surface area is 95.4 Å². The molecule has 0 aliphatic rings. The van der Waals surface area contributed by atoms with Crippen molar-refractivity contribution in [3.05, 3.63) is 24.0 Å². The fraction of sp³-hybridized carbons (Fsp3) is 0.455. The van der Waals surface area contributed by atoms with Crippen molar-refractivity contribution in [1.82, 2.24) is 4.98 Å². The molecule has 0 radical (unpaired) electrons. The molecule has 5 nitrogen and oxygen atoms in total. The first kappa shape index (κ1) is 12.4. The molecule has 0 spiro atoms. The molecule has 1 rings (SSSR count). The third-order valence-corrected chi connectivity index (χ3v) is 2.40. The molecule has 0 atom stereocenters. The molecular formula is C11H18N4O. The second-order valence-corrected chi connectivity index (χ2v) is 3.46. The Morgan fingerprint density at radius 2 is 2.38 bits per heavy atom. The van der Waals surface area contributed by atoms with Crippen LogP contribution in [0.15, 0.2) is 18.5 Å². The molecule has 0 saturated heterocycles. The summed E-state index contributed by atoms with van der Waals surface area (Å²) in [6.45, 7) is 3.71. The molecule has 0 saturated carbocycles. The van der Waals surface area contributed by atoms with Crippen LogP contribution < -0.4 is 10.6 Å². The Morgan fingerprint density at radius 3 is 2.94 bits per heavy atom. The summed E-state index contributed by atoms with van der Waals surface area (Å²) in [7, 11) is 0. The lowest BCUT2D eigenvalue weighted by Crippen LogP contribution is -2.28. The largest absolute Gasteiger partial charge is 0.396 e. The monoisotopic (exact) mass is 222 g/mol. The van der Waals surface area contributed by atoms with Gasteiger partial charge in [-0.15, -0.1) is 0 Å². The minimum atomic E-state index is 0.0415. The van der Waals surface area contributed by atoms with Crippen molar-refractivity contribution in [1.29, 1.82) is 5.41 Å². The molecule has 0 fully saturated rings. The van der Waals surface area contributed by atoms with Crippen molar-refractivity contribution in [2.24, 2.45) is 5.73 Å². The summed E-state index contributed by atoms with van der Waals surface area (Å²) >= 11 is 0. The molecule has 88 valence electrons. The van der Waals surface area contributed by atoms with Gasteiger partial charge in [0.05, 0.1) is 11.9 Å². The second kappa shape index (κ2) is 6.07. The molecule has 0 aromatic carbocycles. The molecule has 0 aliphatic heterocycles. The van der Waals surface area contributed by atoms with Gasteiger partial charge in [-0.05, 0) is 19.4 Å². The Hall–Kier alpha value is -1.62. The van der Waals surface area contributed by atoms with E-state index in [1.54, 1.807) is 18.5 Å². The topological polar surface area (TPSA) is 86.2 Å². The van der Waals surface area contributed by atoms with Crippen molar-refractivity contribution in [3.63, 3.8) is 0 Å². The van der Waals surface area contributed by atoms with Crippen LogP contribution in [0, 0.1) is 5.41 Å². The number of hydrogen-bond donors (Lipinski definition) is 3. The van der Waals surface area contributed by atoms with Crippen LogP contribution >= 0.6 is 0 Å². The highest BCUT2D eigenvalue weighted by atomic mass is 16.3. The van der Waals surface area contributed by atoms with Gasteiger partial charge < -0.3 is 15.7 Å². The Bertz CT molecular complexity index is 354. The van der Waals surface area contributed by atoms with Gasteiger partial charge in [0.15, 0.2) is 0 Å². The van der Waals surface area contributed by atoms with E-state index >= 15 is 0 Å². The average Bonchev–Trinajstić information content (AvgIpc) is 2.30. The number of aliphatic hydroxyl groups excluding tert-OH is 1. The number of nitrogens with one attached hydrogen (secondary N) is 1. The summed E-state index contributed by atoms with van der Waals surface area (Å²) in [4.78, 5) is 6.10. The molecule has 0 unspecified atom stereocenters. The van der Waals surface area contributed by atoms with Crippen LogP contribution in [0.25, 0.3) is 0 Å². The zero-order valence-electron chi connectivity index (χ0n) is 9.48.